The Labute approximate surface area is 208 Å². The number of nitrogens with zero attached hydrogens (tertiary/aromatic N) is 3. The van der Waals surface area contributed by atoms with E-state index in [9.17, 15) is 0 Å². The van der Waals surface area contributed by atoms with Crippen molar-refractivity contribution in [3.63, 3.8) is 0 Å². The van der Waals surface area contributed by atoms with Crippen molar-refractivity contribution >= 4 is 58.3 Å². The molecule has 5 rings (SSSR count). The van der Waals surface area contributed by atoms with Crippen LogP contribution in [0.1, 0.15) is 27.7 Å². The lowest BCUT2D eigenvalue weighted by Crippen LogP contribution is -2.41. The van der Waals surface area contributed by atoms with Gasteiger partial charge in [-0.2, -0.15) is 0 Å². The molecule has 34 heavy (non-hydrogen) atoms. The fraction of sp³-hybridized carbons (Fsp3) is 0.240. The van der Waals surface area contributed by atoms with Crippen LogP contribution in [0.25, 0.3) is 22.2 Å². The van der Waals surface area contributed by atoms with Crippen molar-refractivity contribution in [2.45, 2.75) is 38.9 Å². The summed E-state index contributed by atoms with van der Waals surface area (Å²) in [5.74, 6) is 0.571. The molecule has 1 aliphatic heterocycles. The zero-order valence-electron chi connectivity index (χ0n) is 19.3. The lowest BCUT2D eigenvalue weighted by atomic mass is 9.77. The molecule has 0 spiro atoms. The Kier molecular flexibility index (Phi) is 5.77. The van der Waals surface area contributed by atoms with E-state index in [1.54, 1.807) is 18.6 Å². The van der Waals surface area contributed by atoms with Gasteiger partial charge in [-0.25, -0.2) is 9.97 Å². The molecule has 6 nitrogen and oxygen atoms in total. The van der Waals surface area contributed by atoms with E-state index in [4.69, 9.17) is 32.5 Å². The van der Waals surface area contributed by atoms with Gasteiger partial charge in [0.1, 0.15) is 5.52 Å². The molecule has 4 aromatic rings. The average molecular weight is 493 g/mol. The monoisotopic (exact) mass is 492 g/mol. The molecule has 0 bridgehead atoms. The standard InChI is InChI=1S/C25H23BCl2N4O2/c1-24(2)25(3,4)34-26(33-24)17-9-5-7-15(20(17)27)16-8-6-10-18(21(16)28)32-23-22-19(11-12-31-23)29-13-14-30-22/h5-14H,1-4H3,(H,31,32). The summed E-state index contributed by atoms with van der Waals surface area (Å²) >= 11 is 13.8. The molecule has 9 heteroatoms. The van der Waals surface area contributed by atoms with Crippen molar-refractivity contribution in [3.8, 4) is 11.1 Å². The van der Waals surface area contributed by atoms with Gasteiger partial charge >= 0.3 is 7.12 Å². The van der Waals surface area contributed by atoms with Crippen LogP contribution in [-0.4, -0.2) is 33.3 Å². The minimum Gasteiger partial charge on any atom is -0.399 e. The van der Waals surface area contributed by atoms with E-state index in [0.717, 1.165) is 22.1 Å². The number of aromatic nitrogens is 3. The largest absolute Gasteiger partial charge is 0.496 e. The van der Waals surface area contributed by atoms with Gasteiger partial charge in [0.2, 0.25) is 0 Å². The van der Waals surface area contributed by atoms with Crippen molar-refractivity contribution in [1.82, 2.24) is 15.0 Å². The van der Waals surface area contributed by atoms with Gasteiger partial charge in [-0.15, -0.1) is 0 Å². The van der Waals surface area contributed by atoms with E-state index >= 15 is 0 Å². The van der Waals surface area contributed by atoms with Gasteiger partial charge < -0.3 is 14.6 Å². The van der Waals surface area contributed by atoms with E-state index in [0.29, 0.717) is 27.1 Å². The Morgan fingerprint density at radius 3 is 2.15 bits per heavy atom. The first kappa shape index (κ1) is 23.1. The van der Waals surface area contributed by atoms with E-state index in [-0.39, 0.29) is 0 Å². The molecule has 0 radical (unpaired) electrons. The van der Waals surface area contributed by atoms with E-state index in [1.165, 1.54) is 0 Å². The number of pyridine rings is 1. The number of anilines is 2. The summed E-state index contributed by atoms with van der Waals surface area (Å²) in [6.45, 7) is 8.07. The van der Waals surface area contributed by atoms with Crippen LogP contribution in [-0.2, 0) is 9.31 Å². The third kappa shape index (κ3) is 3.93. The molecule has 0 atom stereocenters. The van der Waals surface area contributed by atoms with Gasteiger partial charge in [0.15, 0.2) is 5.82 Å². The number of rotatable bonds is 4. The summed E-state index contributed by atoms with van der Waals surface area (Å²) < 4.78 is 12.4. The lowest BCUT2D eigenvalue weighted by molar-refractivity contribution is 0.00578. The van der Waals surface area contributed by atoms with Crippen molar-refractivity contribution < 1.29 is 9.31 Å². The van der Waals surface area contributed by atoms with Gasteiger partial charge in [-0.1, -0.05) is 53.5 Å². The zero-order chi connectivity index (χ0) is 24.1. The molecule has 1 saturated heterocycles. The highest BCUT2D eigenvalue weighted by molar-refractivity contribution is 6.66. The number of halogens is 2. The van der Waals surface area contributed by atoms with E-state index in [1.807, 2.05) is 70.2 Å². The van der Waals surface area contributed by atoms with Crippen molar-refractivity contribution in [3.05, 3.63) is 71.1 Å². The highest BCUT2D eigenvalue weighted by atomic mass is 35.5. The first-order valence-electron chi connectivity index (χ1n) is 10.9. The van der Waals surface area contributed by atoms with Gasteiger partial charge in [0, 0.05) is 40.2 Å². The summed E-state index contributed by atoms with van der Waals surface area (Å²) in [7, 11) is -0.573. The molecule has 0 unspecified atom stereocenters. The minimum absolute atomic E-state index is 0.465. The fourth-order valence-corrected chi connectivity index (χ4v) is 4.45. The van der Waals surface area contributed by atoms with Crippen LogP contribution in [0, 0.1) is 0 Å². The number of hydrogen-bond donors (Lipinski definition) is 1. The summed E-state index contributed by atoms with van der Waals surface area (Å²) in [6.07, 6.45) is 4.96. The predicted octanol–water partition coefficient (Wildman–Crippen LogP) is 6.04. The van der Waals surface area contributed by atoms with Crippen molar-refractivity contribution in [2.75, 3.05) is 5.32 Å². The molecule has 2 aromatic heterocycles. The normalized spacial score (nSPS) is 16.7. The molecule has 0 aliphatic carbocycles. The summed E-state index contributed by atoms with van der Waals surface area (Å²) in [5, 5.41) is 4.35. The molecular weight excluding hydrogens is 470 g/mol. The van der Waals surface area contributed by atoms with Crippen LogP contribution >= 0.6 is 23.2 Å². The quantitative estimate of drug-likeness (QED) is 0.350. The highest BCUT2D eigenvalue weighted by Gasteiger charge is 2.52. The Morgan fingerprint density at radius 2 is 1.41 bits per heavy atom. The number of fused-ring (bicyclic) bond motifs is 1. The summed E-state index contributed by atoms with van der Waals surface area (Å²) in [6, 6.07) is 13.3. The maximum absolute atomic E-state index is 6.90. The molecule has 0 saturated carbocycles. The molecule has 1 fully saturated rings. The smallest absolute Gasteiger partial charge is 0.399 e. The predicted molar refractivity (Wildman–Crippen MR) is 138 cm³/mol. The van der Waals surface area contributed by atoms with Crippen molar-refractivity contribution in [1.29, 1.82) is 0 Å². The first-order valence-corrected chi connectivity index (χ1v) is 11.7. The lowest BCUT2D eigenvalue weighted by Gasteiger charge is -2.32. The van der Waals surface area contributed by atoms with Gasteiger partial charge in [-0.3, -0.25) is 4.98 Å². The molecule has 1 aliphatic rings. The third-order valence-electron chi connectivity index (χ3n) is 6.46. The number of benzene rings is 2. The Bertz CT molecular complexity index is 1380. The molecule has 3 heterocycles. The number of nitrogens with one attached hydrogen (secondary N) is 1. The fourth-order valence-electron chi connectivity index (χ4n) is 3.86. The zero-order valence-corrected chi connectivity index (χ0v) is 20.8. The Balaban J connectivity index is 1.52. The van der Waals surface area contributed by atoms with Crippen LogP contribution in [0.5, 0.6) is 0 Å². The van der Waals surface area contributed by atoms with Crippen LogP contribution in [0.4, 0.5) is 11.5 Å². The highest BCUT2D eigenvalue weighted by Crippen LogP contribution is 2.40. The topological polar surface area (TPSA) is 69.2 Å². The minimum atomic E-state index is -0.573. The maximum Gasteiger partial charge on any atom is 0.496 e. The molecule has 2 aromatic carbocycles. The second-order valence-electron chi connectivity index (χ2n) is 9.17. The Morgan fingerprint density at radius 1 is 0.765 bits per heavy atom. The van der Waals surface area contributed by atoms with Crippen LogP contribution < -0.4 is 10.8 Å². The van der Waals surface area contributed by atoms with Gasteiger partial charge in [0.05, 0.1) is 27.4 Å². The van der Waals surface area contributed by atoms with Gasteiger partial charge in [0.25, 0.3) is 0 Å². The van der Waals surface area contributed by atoms with E-state index in [2.05, 4.69) is 20.3 Å². The molecular formula is C25H23BCl2N4O2. The summed E-state index contributed by atoms with van der Waals surface area (Å²) in [4.78, 5) is 13.2. The molecule has 1 N–H and O–H groups in total. The Hall–Kier alpha value is -2.71. The maximum atomic E-state index is 6.90. The summed E-state index contributed by atoms with van der Waals surface area (Å²) in [5.41, 5.74) is 3.48. The number of hydrogen-bond acceptors (Lipinski definition) is 6. The first-order chi connectivity index (χ1) is 16.2. The second-order valence-corrected chi connectivity index (χ2v) is 9.93. The average Bonchev–Trinajstić information content (AvgIpc) is 3.02. The van der Waals surface area contributed by atoms with E-state index < -0.39 is 18.3 Å². The molecule has 172 valence electrons. The third-order valence-corrected chi connectivity index (χ3v) is 7.29. The SMILES string of the molecule is CC1(C)OB(c2cccc(-c3cccc(Nc4nccc5nccnc45)c3Cl)c2Cl)OC1(C)C. The molecule has 0 amide bonds. The van der Waals surface area contributed by atoms with Gasteiger partial charge in [-0.05, 0) is 39.8 Å². The van der Waals surface area contributed by atoms with Crippen LogP contribution in [0.2, 0.25) is 10.0 Å². The second kappa shape index (κ2) is 8.50. The van der Waals surface area contributed by atoms with Crippen LogP contribution in [0.15, 0.2) is 61.1 Å². The van der Waals surface area contributed by atoms with Crippen molar-refractivity contribution in [2.24, 2.45) is 0 Å². The van der Waals surface area contributed by atoms with Crippen LogP contribution in [0.3, 0.4) is 0 Å².